The van der Waals surface area contributed by atoms with Crippen molar-refractivity contribution in [1.82, 2.24) is 5.32 Å². The fourth-order valence-electron chi connectivity index (χ4n) is 1.48. The van der Waals surface area contributed by atoms with Gasteiger partial charge in [-0.2, -0.15) is 13.2 Å². The number of alkyl halides is 3. The van der Waals surface area contributed by atoms with Gasteiger partial charge in [0.2, 0.25) is 0 Å². The molecule has 3 nitrogen and oxygen atoms in total. The van der Waals surface area contributed by atoms with Crippen LogP contribution in [0.25, 0.3) is 0 Å². The first-order chi connectivity index (χ1) is 7.41. The van der Waals surface area contributed by atoms with Gasteiger partial charge >= 0.3 is 6.18 Å². The Labute approximate surface area is 93.7 Å². The van der Waals surface area contributed by atoms with Gasteiger partial charge in [0.05, 0.1) is 0 Å². The topological polar surface area (TPSA) is 52.5 Å². The maximum atomic E-state index is 11.9. The molecular formula is C10H20F3NO2. The molecule has 0 fully saturated rings. The third-order valence-electron chi connectivity index (χ3n) is 2.38. The summed E-state index contributed by atoms with van der Waals surface area (Å²) in [5.74, 6) is 0.162. The molecule has 98 valence electrons. The molecule has 0 saturated carbocycles. The van der Waals surface area contributed by atoms with Crippen LogP contribution in [0.5, 0.6) is 0 Å². The van der Waals surface area contributed by atoms with E-state index in [1.807, 2.05) is 6.92 Å². The van der Waals surface area contributed by atoms with Crippen LogP contribution in [0.2, 0.25) is 0 Å². The van der Waals surface area contributed by atoms with Crippen LogP contribution in [0.15, 0.2) is 0 Å². The molecule has 16 heavy (non-hydrogen) atoms. The van der Waals surface area contributed by atoms with Crippen molar-refractivity contribution in [2.75, 3.05) is 19.7 Å². The maximum Gasteiger partial charge on any atom is 0.415 e. The predicted molar refractivity (Wildman–Crippen MR) is 55.0 cm³/mol. The van der Waals surface area contributed by atoms with Crippen molar-refractivity contribution in [3.8, 4) is 0 Å². The van der Waals surface area contributed by atoms with E-state index in [0.717, 1.165) is 12.8 Å². The normalized spacial score (nSPS) is 16.1. The summed E-state index contributed by atoms with van der Waals surface area (Å²) in [6.45, 7) is 1.92. The van der Waals surface area contributed by atoms with Crippen LogP contribution in [0.3, 0.4) is 0 Å². The van der Waals surface area contributed by atoms with Crippen molar-refractivity contribution >= 4 is 0 Å². The SMILES string of the molecule is CCCC(CCO)CNCC(O)C(F)(F)F. The van der Waals surface area contributed by atoms with E-state index in [2.05, 4.69) is 5.32 Å². The third-order valence-corrected chi connectivity index (χ3v) is 2.38. The summed E-state index contributed by atoms with van der Waals surface area (Å²) < 4.78 is 35.8. The zero-order chi connectivity index (χ0) is 12.6. The van der Waals surface area contributed by atoms with Gasteiger partial charge in [0.15, 0.2) is 6.10 Å². The van der Waals surface area contributed by atoms with E-state index in [0.29, 0.717) is 13.0 Å². The molecule has 0 rings (SSSR count). The summed E-state index contributed by atoms with van der Waals surface area (Å²) >= 11 is 0. The van der Waals surface area contributed by atoms with Gasteiger partial charge in [-0.1, -0.05) is 13.3 Å². The lowest BCUT2D eigenvalue weighted by atomic mass is 10.0. The second-order valence-electron chi connectivity index (χ2n) is 3.88. The molecule has 0 aromatic carbocycles. The van der Waals surface area contributed by atoms with Crippen LogP contribution >= 0.6 is 0 Å². The quantitative estimate of drug-likeness (QED) is 0.602. The molecule has 6 heteroatoms. The van der Waals surface area contributed by atoms with E-state index in [-0.39, 0.29) is 12.5 Å². The lowest BCUT2D eigenvalue weighted by molar-refractivity contribution is -0.201. The zero-order valence-corrected chi connectivity index (χ0v) is 9.43. The van der Waals surface area contributed by atoms with Crippen molar-refractivity contribution in [2.45, 2.75) is 38.5 Å². The predicted octanol–water partition coefficient (Wildman–Crippen LogP) is 1.30. The van der Waals surface area contributed by atoms with Gasteiger partial charge in [-0.15, -0.1) is 0 Å². The second-order valence-corrected chi connectivity index (χ2v) is 3.88. The number of halogens is 3. The van der Waals surface area contributed by atoms with Gasteiger partial charge in [-0.05, 0) is 25.3 Å². The number of hydrogen-bond donors (Lipinski definition) is 3. The maximum absolute atomic E-state index is 11.9. The van der Waals surface area contributed by atoms with E-state index in [1.165, 1.54) is 0 Å². The summed E-state index contributed by atoms with van der Waals surface area (Å²) in [5, 5.41) is 20.0. The van der Waals surface area contributed by atoms with Gasteiger partial charge < -0.3 is 15.5 Å². The van der Waals surface area contributed by atoms with E-state index >= 15 is 0 Å². The van der Waals surface area contributed by atoms with Gasteiger partial charge in [0.1, 0.15) is 0 Å². The molecule has 0 aromatic rings. The molecule has 2 atom stereocenters. The van der Waals surface area contributed by atoms with Crippen LogP contribution in [-0.4, -0.2) is 42.2 Å². The van der Waals surface area contributed by atoms with E-state index in [9.17, 15) is 13.2 Å². The van der Waals surface area contributed by atoms with E-state index in [4.69, 9.17) is 10.2 Å². The Morgan fingerprint density at radius 1 is 1.19 bits per heavy atom. The van der Waals surface area contributed by atoms with Crippen LogP contribution in [0.1, 0.15) is 26.2 Å². The smallest absolute Gasteiger partial charge is 0.396 e. The number of aliphatic hydroxyl groups is 2. The highest BCUT2D eigenvalue weighted by Crippen LogP contribution is 2.19. The Hall–Kier alpha value is -0.330. The van der Waals surface area contributed by atoms with Crippen LogP contribution < -0.4 is 5.32 Å². The number of rotatable bonds is 8. The molecule has 0 saturated heterocycles. The monoisotopic (exact) mass is 243 g/mol. The Balaban J connectivity index is 3.76. The minimum absolute atomic E-state index is 0.0359. The number of hydrogen-bond acceptors (Lipinski definition) is 3. The van der Waals surface area contributed by atoms with Gasteiger partial charge in [0.25, 0.3) is 0 Å². The second kappa shape index (κ2) is 7.86. The molecule has 0 bridgehead atoms. The average molecular weight is 243 g/mol. The molecule has 0 radical (unpaired) electrons. The highest BCUT2D eigenvalue weighted by atomic mass is 19.4. The molecule has 0 aromatic heterocycles. The van der Waals surface area contributed by atoms with Crippen molar-refractivity contribution in [3.05, 3.63) is 0 Å². The standard InChI is InChI=1S/C10H20F3NO2/c1-2-3-8(4-5-15)6-14-7-9(16)10(11,12)13/h8-9,14-16H,2-7H2,1H3. The van der Waals surface area contributed by atoms with Gasteiger partial charge in [0, 0.05) is 13.2 Å². The molecule has 0 amide bonds. The molecule has 0 aliphatic carbocycles. The summed E-state index contributed by atoms with van der Waals surface area (Å²) in [6, 6.07) is 0. The average Bonchev–Trinajstić information content (AvgIpc) is 2.16. The van der Waals surface area contributed by atoms with Crippen molar-refractivity contribution in [3.63, 3.8) is 0 Å². The Morgan fingerprint density at radius 3 is 2.25 bits per heavy atom. The van der Waals surface area contributed by atoms with E-state index < -0.39 is 18.8 Å². The Kier molecular flexibility index (Phi) is 7.70. The Morgan fingerprint density at radius 2 is 1.81 bits per heavy atom. The van der Waals surface area contributed by atoms with Crippen LogP contribution in [-0.2, 0) is 0 Å². The fourth-order valence-corrected chi connectivity index (χ4v) is 1.48. The third kappa shape index (κ3) is 7.03. The summed E-state index contributed by atoms with van der Waals surface area (Å²) in [5.41, 5.74) is 0. The molecule has 0 aliphatic rings. The largest absolute Gasteiger partial charge is 0.415 e. The first-order valence-corrected chi connectivity index (χ1v) is 5.48. The summed E-state index contributed by atoms with van der Waals surface area (Å²) in [4.78, 5) is 0. The first-order valence-electron chi connectivity index (χ1n) is 5.48. The number of aliphatic hydroxyl groups excluding tert-OH is 2. The van der Waals surface area contributed by atoms with Crippen LogP contribution in [0, 0.1) is 5.92 Å². The lowest BCUT2D eigenvalue weighted by Crippen LogP contribution is -2.40. The van der Waals surface area contributed by atoms with Gasteiger partial charge in [-0.25, -0.2) is 0 Å². The fraction of sp³-hybridized carbons (Fsp3) is 1.00. The molecule has 0 spiro atoms. The highest BCUT2D eigenvalue weighted by Gasteiger charge is 2.37. The highest BCUT2D eigenvalue weighted by molar-refractivity contribution is 4.70. The lowest BCUT2D eigenvalue weighted by Gasteiger charge is -2.19. The molecule has 0 aliphatic heterocycles. The van der Waals surface area contributed by atoms with E-state index in [1.54, 1.807) is 0 Å². The summed E-state index contributed by atoms with van der Waals surface area (Å²) in [6.07, 6.45) is -4.53. The first kappa shape index (κ1) is 15.7. The molecule has 2 unspecified atom stereocenters. The van der Waals surface area contributed by atoms with Crippen molar-refractivity contribution in [1.29, 1.82) is 0 Å². The van der Waals surface area contributed by atoms with Gasteiger partial charge in [-0.3, -0.25) is 0 Å². The minimum Gasteiger partial charge on any atom is -0.396 e. The molecular weight excluding hydrogens is 223 g/mol. The zero-order valence-electron chi connectivity index (χ0n) is 9.43. The summed E-state index contributed by atoms with van der Waals surface area (Å²) in [7, 11) is 0. The molecule has 0 heterocycles. The Bertz CT molecular complexity index is 170. The van der Waals surface area contributed by atoms with Crippen molar-refractivity contribution in [2.24, 2.45) is 5.92 Å². The van der Waals surface area contributed by atoms with Crippen LogP contribution in [0.4, 0.5) is 13.2 Å². The molecule has 3 N–H and O–H groups in total. The van der Waals surface area contributed by atoms with Crippen molar-refractivity contribution < 1.29 is 23.4 Å². The number of nitrogens with one attached hydrogen (secondary N) is 1. The minimum atomic E-state index is -4.57.